The topological polar surface area (TPSA) is 78.5 Å². The van der Waals surface area contributed by atoms with Gasteiger partial charge in [-0.2, -0.15) is 5.26 Å². The summed E-state index contributed by atoms with van der Waals surface area (Å²) in [6.45, 7) is 2.38. The molecule has 0 unspecified atom stereocenters. The van der Waals surface area contributed by atoms with Crippen molar-refractivity contribution < 1.29 is 13.9 Å². The van der Waals surface area contributed by atoms with Gasteiger partial charge in [-0.25, -0.2) is 0 Å². The Hall–Kier alpha value is -1.84. The first-order valence-corrected chi connectivity index (χ1v) is 5.77. The summed E-state index contributed by atoms with van der Waals surface area (Å²) in [5.41, 5.74) is 0. The molecule has 2 heterocycles. The van der Waals surface area contributed by atoms with E-state index in [4.69, 9.17) is 14.4 Å². The van der Waals surface area contributed by atoms with Gasteiger partial charge in [-0.15, -0.1) is 0 Å². The fraction of sp³-hybridized carbons (Fsp3) is 0.500. The number of nitriles is 1. The largest absolute Gasteiger partial charge is 0.449 e. The smallest absolute Gasteiger partial charge is 0.250 e. The van der Waals surface area contributed by atoms with E-state index in [-0.39, 0.29) is 5.91 Å². The van der Waals surface area contributed by atoms with E-state index in [0.29, 0.717) is 25.5 Å². The number of ether oxygens (including phenoxy) is 1. The van der Waals surface area contributed by atoms with Gasteiger partial charge in [0.1, 0.15) is 17.9 Å². The number of morpholine rings is 1. The molecule has 1 aliphatic heterocycles. The van der Waals surface area contributed by atoms with E-state index in [9.17, 15) is 4.79 Å². The third kappa shape index (κ3) is 2.88. The van der Waals surface area contributed by atoms with Crippen LogP contribution in [0.4, 0.5) is 0 Å². The van der Waals surface area contributed by atoms with Crippen molar-refractivity contribution in [3.8, 4) is 6.07 Å². The zero-order chi connectivity index (χ0) is 13.0. The first-order chi connectivity index (χ1) is 8.72. The zero-order valence-corrected chi connectivity index (χ0v) is 10.2. The second-order valence-electron chi connectivity index (χ2n) is 4.09. The lowest BCUT2D eigenvalue weighted by atomic mass is 10.2. The monoisotopic (exact) mass is 249 g/mol. The Morgan fingerprint density at radius 1 is 1.67 bits per heavy atom. The van der Waals surface area contributed by atoms with E-state index < -0.39 is 6.10 Å². The van der Waals surface area contributed by atoms with E-state index in [1.807, 2.05) is 6.07 Å². The number of likely N-dealkylation sites (N-methyl/N-ethyl adjacent to an activating group) is 1. The summed E-state index contributed by atoms with van der Waals surface area (Å²) in [7, 11) is 1.59. The number of nitrogens with zero attached hydrogens (tertiary/aromatic N) is 2. The lowest BCUT2D eigenvalue weighted by molar-refractivity contribution is -0.138. The highest BCUT2D eigenvalue weighted by molar-refractivity contribution is 5.80. The van der Waals surface area contributed by atoms with Gasteiger partial charge in [-0.1, -0.05) is 0 Å². The molecule has 2 rings (SSSR count). The van der Waals surface area contributed by atoms with Crippen molar-refractivity contribution in [3.05, 3.63) is 23.7 Å². The molecular weight excluding hydrogens is 234 g/mol. The average Bonchev–Trinajstić information content (AvgIpc) is 2.86. The van der Waals surface area contributed by atoms with Crippen molar-refractivity contribution in [2.45, 2.75) is 12.6 Å². The van der Waals surface area contributed by atoms with E-state index in [1.165, 1.54) is 0 Å². The molecule has 0 saturated carbocycles. The Morgan fingerprint density at radius 3 is 3.17 bits per heavy atom. The first-order valence-electron chi connectivity index (χ1n) is 5.77. The molecule has 18 heavy (non-hydrogen) atoms. The second-order valence-corrected chi connectivity index (χ2v) is 4.09. The van der Waals surface area contributed by atoms with Gasteiger partial charge >= 0.3 is 0 Å². The molecule has 6 nitrogen and oxygen atoms in total. The third-order valence-corrected chi connectivity index (χ3v) is 2.84. The van der Waals surface area contributed by atoms with Crippen LogP contribution >= 0.6 is 0 Å². The summed E-state index contributed by atoms with van der Waals surface area (Å²) in [6, 6.07) is 5.37. The Balaban J connectivity index is 1.93. The molecule has 1 fully saturated rings. The van der Waals surface area contributed by atoms with Crippen molar-refractivity contribution in [2.24, 2.45) is 0 Å². The lowest BCUT2D eigenvalue weighted by Gasteiger charge is -2.31. The van der Waals surface area contributed by atoms with Crippen molar-refractivity contribution in [1.82, 2.24) is 10.2 Å². The van der Waals surface area contributed by atoms with E-state index in [0.717, 1.165) is 12.3 Å². The summed E-state index contributed by atoms with van der Waals surface area (Å²) in [5.74, 6) is 0.919. The van der Waals surface area contributed by atoms with E-state index >= 15 is 0 Å². The maximum absolute atomic E-state index is 11.5. The van der Waals surface area contributed by atoms with Crippen LogP contribution in [0.2, 0.25) is 0 Å². The van der Waals surface area contributed by atoms with Crippen molar-refractivity contribution in [1.29, 1.82) is 5.26 Å². The van der Waals surface area contributed by atoms with Gasteiger partial charge in [0.2, 0.25) is 11.7 Å². The van der Waals surface area contributed by atoms with Crippen LogP contribution in [0.3, 0.4) is 0 Å². The molecule has 1 saturated heterocycles. The molecule has 1 N–H and O–H groups in total. The highest BCUT2D eigenvalue weighted by atomic mass is 16.5. The third-order valence-electron chi connectivity index (χ3n) is 2.84. The quantitative estimate of drug-likeness (QED) is 0.821. The SMILES string of the molecule is CNC(=O)[C@H]1CN(Cc2ccc(C#N)o2)CCO1. The minimum atomic E-state index is -0.436. The average molecular weight is 249 g/mol. The molecule has 1 aliphatic rings. The predicted molar refractivity (Wildman–Crippen MR) is 62.5 cm³/mol. The van der Waals surface area contributed by atoms with Crippen molar-refractivity contribution in [3.63, 3.8) is 0 Å². The fourth-order valence-corrected chi connectivity index (χ4v) is 1.91. The highest BCUT2D eigenvalue weighted by Gasteiger charge is 2.26. The van der Waals surface area contributed by atoms with Crippen LogP contribution in [0.25, 0.3) is 0 Å². The number of amides is 1. The lowest BCUT2D eigenvalue weighted by Crippen LogP contribution is -2.48. The van der Waals surface area contributed by atoms with Crippen LogP contribution in [-0.2, 0) is 16.1 Å². The summed E-state index contributed by atoms with van der Waals surface area (Å²) in [5, 5.41) is 11.2. The van der Waals surface area contributed by atoms with E-state index in [2.05, 4.69) is 10.2 Å². The molecule has 1 aromatic rings. The molecule has 0 bridgehead atoms. The van der Waals surface area contributed by atoms with Crippen molar-refractivity contribution >= 4 is 5.91 Å². The maximum atomic E-state index is 11.5. The standard InChI is InChI=1S/C12H15N3O3/c1-14-12(16)11-8-15(4-5-17-11)7-10-3-2-9(6-13)18-10/h2-3,11H,4-5,7-8H2,1H3,(H,14,16)/t11-/m1/s1. The minimum Gasteiger partial charge on any atom is -0.449 e. The molecule has 1 atom stereocenters. The molecule has 1 amide bonds. The van der Waals surface area contributed by atoms with Crippen LogP contribution in [-0.4, -0.2) is 43.7 Å². The maximum Gasteiger partial charge on any atom is 0.250 e. The van der Waals surface area contributed by atoms with Crippen LogP contribution in [0.5, 0.6) is 0 Å². The number of rotatable bonds is 3. The fourth-order valence-electron chi connectivity index (χ4n) is 1.91. The molecule has 0 radical (unpaired) electrons. The molecule has 0 aliphatic carbocycles. The Kier molecular flexibility index (Phi) is 3.97. The molecule has 96 valence electrons. The van der Waals surface area contributed by atoms with Gasteiger partial charge in [-0.3, -0.25) is 9.69 Å². The normalized spacial score (nSPS) is 20.3. The number of carbonyl (C=O) groups is 1. The Labute approximate surface area is 105 Å². The molecule has 6 heteroatoms. The molecule has 0 aromatic carbocycles. The summed E-state index contributed by atoms with van der Waals surface area (Å²) >= 11 is 0. The van der Waals surface area contributed by atoms with Crippen LogP contribution in [0, 0.1) is 11.3 Å². The molecule has 1 aromatic heterocycles. The minimum absolute atomic E-state index is 0.114. The zero-order valence-electron chi connectivity index (χ0n) is 10.2. The summed E-state index contributed by atoms with van der Waals surface area (Å²) < 4.78 is 10.7. The van der Waals surface area contributed by atoms with Crippen molar-refractivity contribution in [2.75, 3.05) is 26.7 Å². The molecule has 0 spiro atoms. The summed E-state index contributed by atoms with van der Waals surface area (Å²) in [4.78, 5) is 13.6. The highest BCUT2D eigenvalue weighted by Crippen LogP contribution is 2.13. The Morgan fingerprint density at radius 2 is 2.50 bits per heavy atom. The molecular formula is C12H15N3O3. The van der Waals surface area contributed by atoms with Crippen LogP contribution in [0.15, 0.2) is 16.5 Å². The van der Waals surface area contributed by atoms with Crippen LogP contribution < -0.4 is 5.32 Å². The van der Waals surface area contributed by atoms with Gasteiger partial charge in [-0.05, 0) is 12.1 Å². The van der Waals surface area contributed by atoms with Gasteiger partial charge in [0.15, 0.2) is 0 Å². The number of nitrogens with one attached hydrogen (secondary N) is 1. The van der Waals surface area contributed by atoms with Crippen LogP contribution in [0.1, 0.15) is 11.5 Å². The number of furan rings is 1. The summed E-state index contributed by atoms with van der Waals surface area (Å²) in [6.07, 6.45) is -0.436. The number of hydrogen-bond donors (Lipinski definition) is 1. The first kappa shape index (κ1) is 12.6. The van der Waals surface area contributed by atoms with Gasteiger partial charge < -0.3 is 14.5 Å². The van der Waals surface area contributed by atoms with Gasteiger partial charge in [0, 0.05) is 20.1 Å². The number of carbonyl (C=O) groups excluding carboxylic acids is 1. The number of hydrogen-bond acceptors (Lipinski definition) is 5. The van der Waals surface area contributed by atoms with Gasteiger partial charge in [0.25, 0.3) is 0 Å². The van der Waals surface area contributed by atoms with Gasteiger partial charge in [0.05, 0.1) is 13.2 Å². The van der Waals surface area contributed by atoms with E-state index in [1.54, 1.807) is 19.2 Å². The Bertz CT molecular complexity index is 463. The second kappa shape index (κ2) is 5.67. The predicted octanol–water partition coefficient (Wildman–Crippen LogP) is 0.0981.